The third kappa shape index (κ3) is 2.48. The van der Waals surface area contributed by atoms with Gasteiger partial charge in [-0.1, -0.05) is 25.2 Å². The maximum Gasteiger partial charge on any atom is 0.197 e. The zero-order chi connectivity index (χ0) is 10.8. The summed E-state index contributed by atoms with van der Waals surface area (Å²) < 4.78 is 0. The van der Waals surface area contributed by atoms with E-state index in [4.69, 9.17) is 5.84 Å². The molecule has 0 saturated carbocycles. The molecule has 5 heteroatoms. The van der Waals surface area contributed by atoms with Crippen molar-refractivity contribution in [3.8, 4) is 0 Å². The van der Waals surface area contributed by atoms with Crippen molar-refractivity contribution in [1.29, 1.82) is 0 Å². The SMILES string of the molecule is CC1CN(Cc2cnc(NN)s2)CC1C. The van der Waals surface area contributed by atoms with Crippen LogP contribution < -0.4 is 11.3 Å². The highest BCUT2D eigenvalue weighted by atomic mass is 32.1. The highest BCUT2D eigenvalue weighted by molar-refractivity contribution is 7.15. The highest BCUT2D eigenvalue weighted by Gasteiger charge is 2.26. The molecule has 1 aliphatic heterocycles. The molecule has 4 nitrogen and oxygen atoms in total. The summed E-state index contributed by atoms with van der Waals surface area (Å²) in [6, 6.07) is 0. The van der Waals surface area contributed by atoms with Crippen LogP contribution in [0.5, 0.6) is 0 Å². The van der Waals surface area contributed by atoms with E-state index < -0.39 is 0 Å². The van der Waals surface area contributed by atoms with Gasteiger partial charge in [-0.15, -0.1) is 0 Å². The molecule has 0 aliphatic carbocycles. The van der Waals surface area contributed by atoms with Gasteiger partial charge in [0, 0.05) is 30.7 Å². The van der Waals surface area contributed by atoms with Crippen LogP contribution in [-0.4, -0.2) is 23.0 Å². The quantitative estimate of drug-likeness (QED) is 0.606. The summed E-state index contributed by atoms with van der Waals surface area (Å²) in [6.07, 6.45) is 1.91. The van der Waals surface area contributed by atoms with Crippen LogP contribution in [0.2, 0.25) is 0 Å². The van der Waals surface area contributed by atoms with Gasteiger partial charge in [-0.2, -0.15) is 0 Å². The van der Waals surface area contributed by atoms with Crippen LogP contribution in [0.25, 0.3) is 0 Å². The number of thiazole rings is 1. The third-order valence-corrected chi connectivity index (χ3v) is 4.03. The van der Waals surface area contributed by atoms with E-state index in [2.05, 4.69) is 29.2 Å². The van der Waals surface area contributed by atoms with Crippen LogP contribution in [0.4, 0.5) is 5.13 Å². The Bertz CT molecular complexity index is 315. The number of hydrogen-bond acceptors (Lipinski definition) is 5. The van der Waals surface area contributed by atoms with Crippen molar-refractivity contribution in [2.24, 2.45) is 17.7 Å². The Balaban J connectivity index is 1.92. The molecule has 1 saturated heterocycles. The Morgan fingerprint density at radius 3 is 2.73 bits per heavy atom. The molecule has 84 valence electrons. The van der Waals surface area contributed by atoms with Crippen molar-refractivity contribution in [1.82, 2.24) is 9.88 Å². The lowest BCUT2D eigenvalue weighted by Gasteiger charge is -2.13. The molecule has 1 fully saturated rings. The zero-order valence-electron chi connectivity index (χ0n) is 9.23. The number of nitrogen functional groups attached to an aromatic ring is 1. The summed E-state index contributed by atoms with van der Waals surface area (Å²) in [5.41, 5.74) is 2.58. The zero-order valence-corrected chi connectivity index (χ0v) is 10.0. The minimum atomic E-state index is 0.797. The summed E-state index contributed by atoms with van der Waals surface area (Å²) >= 11 is 1.63. The summed E-state index contributed by atoms with van der Waals surface area (Å²) in [6.45, 7) is 8.05. The highest BCUT2D eigenvalue weighted by Crippen LogP contribution is 2.26. The number of nitrogens with two attached hydrogens (primary N) is 1. The van der Waals surface area contributed by atoms with Crippen molar-refractivity contribution in [2.45, 2.75) is 20.4 Å². The van der Waals surface area contributed by atoms with Gasteiger partial charge >= 0.3 is 0 Å². The summed E-state index contributed by atoms with van der Waals surface area (Å²) in [4.78, 5) is 7.94. The van der Waals surface area contributed by atoms with E-state index >= 15 is 0 Å². The number of rotatable bonds is 3. The molecule has 2 unspecified atom stereocenters. The predicted octanol–water partition coefficient (Wildman–Crippen LogP) is 1.52. The Morgan fingerprint density at radius 2 is 2.20 bits per heavy atom. The number of hydrazine groups is 1. The number of anilines is 1. The molecule has 0 spiro atoms. The second-order valence-corrected chi connectivity index (χ2v) is 5.54. The maximum atomic E-state index is 5.30. The topological polar surface area (TPSA) is 54.2 Å². The molecular formula is C10H18N4S. The van der Waals surface area contributed by atoms with Crippen molar-refractivity contribution in [3.05, 3.63) is 11.1 Å². The van der Waals surface area contributed by atoms with E-state index in [1.165, 1.54) is 18.0 Å². The van der Waals surface area contributed by atoms with Crippen LogP contribution >= 0.6 is 11.3 Å². The molecular weight excluding hydrogens is 208 g/mol. The van der Waals surface area contributed by atoms with Gasteiger partial charge in [0.1, 0.15) is 0 Å². The van der Waals surface area contributed by atoms with Crippen molar-refractivity contribution >= 4 is 16.5 Å². The van der Waals surface area contributed by atoms with Crippen LogP contribution in [-0.2, 0) is 6.54 Å². The Kier molecular flexibility index (Phi) is 3.23. The van der Waals surface area contributed by atoms with Gasteiger partial charge in [0.25, 0.3) is 0 Å². The van der Waals surface area contributed by atoms with Gasteiger partial charge in [0.15, 0.2) is 5.13 Å². The standard InChI is InChI=1S/C10H18N4S/c1-7-4-14(5-8(7)2)6-9-3-12-10(13-11)15-9/h3,7-8H,4-6,11H2,1-2H3,(H,12,13). The molecule has 0 amide bonds. The van der Waals surface area contributed by atoms with Crippen molar-refractivity contribution in [2.75, 3.05) is 18.5 Å². The lowest BCUT2D eigenvalue weighted by atomic mass is 10.0. The summed E-state index contributed by atoms with van der Waals surface area (Å²) in [5.74, 6) is 6.92. The van der Waals surface area contributed by atoms with E-state index in [0.29, 0.717) is 0 Å². The number of likely N-dealkylation sites (tertiary alicyclic amines) is 1. The average Bonchev–Trinajstić information content (AvgIpc) is 2.76. The number of hydrogen-bond donors (Lipinski definition) is 2. The van der Waals surface area contributed by atoms with Gasteiger partial charge in [0.2, 0.25) is 0 Å². The second kappa shape index (κ2) is 4.47. The van der Waals surface area contributed by atoms with Crippen molar-refractivity contribution in [3.63, 3.8) is 0 Å². The number of nitrogens with one attached hydrogen (secondary N) is 1. The Hall–Kier alpha value is -0.650. The first-order chi connectivity index (χ1) is 7.19. The first kappa shape index (κ1) is 10.9. The predicted molar refractivity (Wildman–Crippen MR) is 63.5 cm³/mol. The second-order valence-electron chi connectivity index (χ2n) is 4.42. The first-order valence-electron chi connectivity index (χ1n) is 5.32. The molecule has 2 atom stereocenters. The molecule has 2 heterocycles. The van der Waals surface area contributed by atoms with Crippen LogP contribution in [0.3, 0.4) is 0 Å². The fraction of sp³-hybridized carbons (Fsp3) is 0.700. The van der Waals surface area contributed by atoms with E-state index in [1.54, 1.807) is 11.3 Å². The Morgan fingerprint density at radius 1 is 1.53 bits per heavy atom. The van der Waals surface area contributed by atoms with Gasteiger partial charge in [-0.3, -0.25) is 10.3 Å². The lowest BCUT2D eigenvalue weighted by Crippen LogP contribution is -2.19. The molecule has 2 rings (SSSR count). The van der Waals surface area contributed by atoms with E-state index in [9.17, 15) is 0 Å². The van der Waals surface area contributed by atoms with Crippen LogP contribution in [0.1, 0.15) is 18.7 Å². The van der Waals surface area contributed by atoms with Gasteiger partial charge in [-0.25, -0.2) is 10.8 Å². The number of aromatic nitrogens is 1. The first-order valence-corrected chi connectivity index (χ1v) is 6.14. The van der Waals surface area contributed by atoms with E-state index in [1.807, 2.05) is 6.20 Å². The molecule has 0 bridgehead atoms. The van der Waals surface area contributed by atoms with Gasteiger partial charge in [0.05, 0.1) is 0 Å². The smallest absolute Gasteiger partial charge is 0.197 e. The fourth-order valence-electron chi connectivity index (χ4n) is 2.05. The molecule has 15 heavy (non-hydrogen) atoms. The number of nitrogens with zero attached hydrogens (tertiary/aromatic N) is 2. The molecule has 0 radical (unpaired) electrons. The van der Waals surface area contributed by atoms with Crippen molar-refractivity contribution < 1.29 is 0 Å². The normalized spacial score (nSPS) is 27.1. The molecule has 3 N–H and O–H groups in total. The monoisotopic (exact) mass is 226 g/mol. The molecule has 1 aliphatic rings. The van der Waals surface area contributed by atoms with Crippen LogP contribution in [0, 0.1) is 11.8 Å². The van der Waals surface area contributed by atoms with Gasteiger partial charge in [-0.05, 0) is 11.8 Å². The van der Waals surface area contributed by atoms with E-state index in [0.717, 1.165) is 23.5 Å². The largest absolute Gasteiger partial charge is 0.300 e. The van der Waals surface area contributed by atoms with Crippen LogP contribution in [0.15, 0.2) is 6.20 Å². The minimum Gasteiger partial charge on any atom is -0.300 e. The average molecular weight is 226 g/mol. The lowest BCUT2D eigenvalue weighted by molar-refractivity contribution is 0.319. The third-order valence-electron chi connectivity index (χ3n) is 3.12. The summed E-state index contributed by atoms with van der Waals surface area (Å²) in [7, 11) is 0. The molecule has 0 aromatic carbocycles. The summed E-state index contributed by atoms with van der Waals surface area (Å²) in [5, 5.41) is 0.797. The fourth-order valence-corrected chi connectivity index (χ4v) is 2.81. The van der Waals surface area contributed by atoms with Gasteiger partial charge < -0.3 is 0 Å². The molecule has 1 aromatic rings. The minimum absolute atomic E-state index is 0.797. The Labute approximate surface area is 94.5 Å². The van der Waals surface area contributed by atoms with E-state index in [-0.39, 0.29) is 0 Å². The maximum absolute atomic E-state index is 5.30. The molecule has 1 aromatic heterocycles.